The third kappa shape index (κ3) is 1.82. The van der Waals surface area contributed by atoms with E-state index in [4.69, 9.17) is 4.98 Å². The van der Waals surface area contributed by atoms with Crippen molar-refractivity contribution in [2.24, 2.45) is 0 Å². The molecule has 0 aliphatic carbocycles. The molecule has 0 amide bonds. The highest BCUT2D eigenvalue weighted by Crippen LogP contribution is 2.35. The van der Waals surface area contributed by atoms with E-state index < -0.39 is 0 Å². The van der Waals surface area contributed by atoms with E-state index in [2.05, 4.69) is 59.6 Å². The second-order valence-electron chi connectivity index (χ2n) is 5.00. The van der Waals surface area contributed by atoms with Crippen LogP contribution in [0.25, 0.3) is 42.2 Å². The van der Waals surface area contributed by atoms with Gasteiger partial charge in [-0.05, 0) is 18.2 Å². The van der Waals surface area contributed by atoms with E-state index in [0.717, 1.165) is 16.7 Å². The van der Waals surface area contributed by atoms with Crippen molar-refractivity contribution in [2.75, 3.05) is 0 Å². The number of aromatic nitrogens is 2. The Hall–Kier alpha value is -2.39. The highest BCUT2D eigenvalue weighted by Gasteiger charge is 2.10. The van der Waals surface area contributed by atoms with Crippen molar-refractivity contribution in [3.8, 4) is 0 Å². The molecule has 1 N–H and O–H groups in total. The third-order valence-electron chi connectivity index (χ3n) is 3.82. The van der Waals surface area contributed by atoms with Crippen LogP contribution >= 0.6 is 11.3 Å². The molecule has 5 rings (SSSR count). The Balaban J connectivity index is 0.000000602. The SMILES string of the molecule is CC.c1ccc2c(c1)[nH]c1nc3c(cc12)sc1ccccc13. The Morgan fingerprint density at radius 2 is 1.55 bits per heavy atom. The quantitative estimate of drug-likeness (QED) is 0.367. The molecule has 3 aromatic heterocycles. The average molecular weight is 304 g/mol. The predicted octanol–water partition coefficient (Wildman–Crippen LogP) is 6.11. The summed E-state index contributed by atoms with van der Waals surface area (Å²) in [4.78, 5) is 8.28. The van der Waals surface area contributed by atoms with Crippen molar-refractivity contribution >= 4 is 53.6 Å². The van der Waals surface area contributed by atoms with Gasteiger partial charge in [0.2, 0.25) is 0 Å². The highest BCUT2D eigenvalue weighted by atomic mass is 32.1. The molecule has 0 radical (unpaired) electrons. The fraction of sp³-hybridized carbons (Fsp3) is 0.105. The molecule has 0 saturated carbocycles. The van der Waals surface area contributed by atoms with Crippen LogP contribution in [-0.4, -0.2) is 9.97 Å². The fourth-order valence-corrected chi connectivity index (χ4v) is 3.98. The van der Waals surface area contributed by atoms with E-state index in [1.165, 1.54) is 25.6 Å². The molecular formula is C19H16N2S. The minimum Gasteiger partial charge on any atom is -0.339 e. The smallest absolute Gasteiger partial charge is 0.139 e. The Bertz CT molecular complexity index is 1010. The van der Waals surface area contributed by atoms with Gasteiger partial charge in [-0.25, -0.2) is 4.98 Å². The Morgan fingerprint density at radius 1 is 0.818 bits per heavy atom. The van der Waals surface area contributed by atoms with Gasteiger partial charge in [0.25, 0.3) is 0 Å². The summed E-state index contributed by atoms with van der Waals surface area (Å²) in [6, 6.07) is 19.1. The van der Waals surface area contributed by atoms with Crippen LogP contribution in [0.5, 0.6) is 0 Å². The van der Waals surface area contributed by atoms with Crippen molar-refractivity contribution in [3.63, 3.8) is 0 Å². The van der Waals surface area contributed by atoms with Crippen molar-refractivity contribution in [1.82, 2.24) is 9.97 Å². The standard InChI is InChI=1S/C17H10N2S.C2H6/c1-3-7-13-10(5-1)12-9-15-16(19-17(12)18-13)11-6-2-4-8-14(11)20-15;1-2/h1-9H,(H,18,19);1-2H3. The van der Waals surface area contributed by atoms with Gasteiger partial charge in [-0.2, -0.15) is 0 Å². The summed E-state index contributed by atoms with van der Waals surface area (Å²) in [5, 5.41) is 3.70. The molecule has 0 bridgehead atoms. The molecular weight excluding hydrogens is 288 g/mol. The Labute approximate surface area is 132 Å². The number of hydrogen-bond donors (Lipinski definition) is 1. The normalized spacial score (nSPS) is 11.2. The maximum Gasteiger partial charge on any atom is 0.139 e. The first-order valence-electron chi connectivity index (χ1n) is 7.59. The van der Waals surface area contributed by atoms with E-state index in [1.807, 2.05) is 25.2 Å². The second kappa shape index (κ2) is 5.11. The van der Waals surface area contributed by atoms with Gasteiger partial charge in [0, 0.05) is 26.4 Å². The summed E-state index contributed by atoms with van der Waals surface area (Å²) in [7, 11) is 0. The molecule has 0 fully saturated rings. The van der Waals surface area contributed by atoms with Gasteiger partial charge in [-0.15, -0.1) is 11.3 Å². The zero-order chi connectivity index (χ0) is 15.1. The molecule has 108 valence electrons. The molecule has 0 atom stereocenters. The Kier molecular flexibility index (Phi) is 3.09. The van der Waals surface area contributed by atoms with Gasteiger partial charge < -0.3 is 4.98 Å². The number of H-pyrrole nitrogens is 1. The Morgan fingerprint density at radius 3 is 2.41 bits per heavy atom. The minimum absolute atomic E-state index is 0.974. The molecule has 0 spiro atoms. The third-order valence-corrected chi connectivity index (χ3v) is 4.93. The molecule has 0 saturated heterocycles. The summed E-state index contributed by atoms with van der Waals surface area (Å²) in [5.41, 5.74) is 3.23. The number of nitrogens with zero attached hydrogens (tertiary/aromatic N) is 1. The number of aromatic amines is 1. The zero-order valence-corrected chi connectivity index (χ0v) is 13.4. The van der Waals surface area contributed by atoms with Crippen LogP contribution < -0.4 is 0 Å². The summed E-state index contributed by atoms with van der Waals surface area (Å²) >= 11 is 1.81. The van der Waals surface area contributed by atoms with E-state index in [0.29, 0.717) is 0 Å². The lowest BCUT2D eigenvalue weighted by molar-refractivity contribution is 1.42. The number of fused-ring (bicyclic) bond motifs is 6. The minimum atomic E-state index is 0.974. The van der Waals surface area contributed by atoms with Crippen LogP contribution in [0.3, 0.4) is 0 Å². The molecule has 0 aliphatic heterocycles. The average Bonchev–Trinajstić information content (AvgIpc) is 3.12. The van der Waals surface area contributed by atoms with Gasteiger partial charge in [-0.1, -0.05) is 50.2 Å². The summed E-state index contributed by atoms with van der Waals surface area (Å²) < 4.78 is 2.55. The highest BCUT2D eigenvalue weighted by molar-refractivity contribution is 7.25. The van der Waals surface area contributed by atoms with Gasteiger partial charge in [0.05, 0.1) is 10.2 Å². The van der Waals surface area contributed by atoms with Gasteiger partial charge in [0.15, 0.2) is 0 Å². The first-order valence-corrected chi connectivity index (χ1v) is 8.40. The van der Waals surface area contributed by atoms with Crippen molar-refractivity contribution < 1.29 is 0 Å². The molecule has 0 aliphatic rings. The van der Waals surface area contributed by atoms with E-state index in [9.17, 15) is 0 Å². The second-order valence-corrected chi connectivity index (χ2v) is 6.08. The van der Waals surface area contributed by atoms with Crippen LogP contribution in [0.4, 0.5) is 0 Å². The number of rotatable bonds is 0. The first kappa shape index (κ1) is 13.3. The van der Waals surface area contributed by atoms with Gasteiger partial charge >= 0.3 is 0 Å². The van der Waals surface area contributed by atoms with Crippen LogP contribution in [0.15, 0.2) is 54.6 Å². The fourth-order valence-electron chi connectivity index (χ4n) is 2.89. The number of benzene rings is 2. The van der Waals surface area contributed by atoms with Crippen LogP contribution in [0, 0.1) is 0 Å². The molecule has 3 heterocycles. The topological polar surface area (TPSA) is 28.7 Å². The van der Waals surface area contributed by atoms with Crippen LogP contribution in [0.1, 0.15) is 13.8 Å². The number of thiophene rings is 1. The molecule has 5 aromatic rings. The first-order chi connectivity index (χ1) is 10.9. The number of hydrogen-bond acceptors (Lipinski definition) is 2. The molecule has 0 unspecified atom stereocenters. The largest absolute Gasteiger partial charge is 0.339 e. The van der Waals surface area contributed by atoms with E-state index >= 15 is 0 Å². The lowest BCUT2D eigenvalue weighted by Crippen LogP contribution is -1.76. The molecule has 2 aromatic carbocycles. The van der Waals surface area contributed by atoms with E-state index in [-0.39, 0.29) is 0 Å². The van der Waals surface area contributed by atoms with Crippen molar-refractivity contribution in [3.05, 3.63) is 54.6 Å². The van der Waals surface area contributed by atoms with Crippen LogP contribution in [-0.2, 0) is 0 Å². The lowest BCUT2D eigenvalue weighted by Gasteiger charge is -1.92. The summed E-state index contributed by atoms with van der Waals surface area (Å²) in [5.74, 6) is 0. The maximum absolute atomic E-state index is 4.86. The predicted molar refractivity (Wildman–Crippen MR) is 97.8 cm³/mol. The summed E-state index contributed by atoms with van der Waals surface area (Å²) in [6.45, 7) is 4.00. The zero-order valence-electron chi connectivity index (χ0n) is 12.6. The summed E-state index contributed by atoms with van der Waals surface area (Å²) in [6.07, 6.45) is 0. The van der Waals surface area contributed by atoms with Crippen molar-refractivity contribution in [1.29, 1.82) is 0 Å². The number of pyridine rings is 1. The number of nitrogens with one attached hydrogen (secondary N) is 1. The number of para-hydroxylation sites is 1. The molecule has 3 heteroatoms. The monoisotopic (exact) mass is 304 g/mol. The lowest BCUT2D eigenvalue weighted by atomic mass is 10.2. The van der Waals surface area contributed by atoms with Gasteiger partial charge in [-0.3, -0.25) is 0 Å². The maximum atomic E-state index is 4.86. The molecule has 22 heavy (non-hydrogen) atoms. The van der Waals surface area contributed by atoms with Crippen LogP contribution in [0.2, 0.25) is 0 Å². The molecule has 2 nitrogen and oxygen atoms in total. The van der Waals surface area contributed by atoms with E-state index in [1.54, 1.807) is 0 Å². The van der Waals surface area contributed by atoms with Gasteiger partial charge in [0.1, 0.15) is 5.65 Å². The van der Waals surface area contributed by atoms with Crippen molar-refractivity contribution in [2.45, 2.75) is 13.8 Å².